The molecule has 1 amide bonds. The van der Waals surface area contributed by atoms with Crippen LogP contribution in [-0.2, 0) is 0 Å². The van der Waals surface area contributed by atoms with E-state index in [1.807, 2.05) is 24.4 Å². The lowest BCUT2D eigenvalue weighted by Gasteiger charge is -1.96. The number of anilines is 1. The first kappa shape index (κ1) is 13.1. The second-order valence-electron chi connectivity index (χ2n) is 4.31. The number of aromatic nitrogens is 4. The summed E-state index contributed by atoms with van der Waals surface area (Å²) in [5.74, 6) is 0.405. The summed E-state index contributed by atoms with van der Waals surface area (Å²) in [6.45, 7) is 1.98. The van der Waals surface area contributed by atoms with Crippen LogP contribution in [0.2, 0.25) is 0 Å². The molecule has 0 unspecified atom stereocenters. The zero-order valence-electron chi connectivity index (χ0n) is 11.0. The van der Waals surface area contributed by atoms with Crippen LogP contribution < -0.4 is 5.32 Å². The molecule has 7 nitrogen and oxygen atoms in total. The van der Waals surface area contributed by atoms with Crippen LogP contribution >= 0.6 is 11.3 Å². The van der Waals surface area contributed by atoms with Gasteiger partial charge in [0.05, 0.1) is 10.4 Å². The lowest BCUT2D eigenvalue weighted by atomic mass is 10.3. The molecule has 104 valence electrons. The summed E-state index contributed by atoms with van der Waals surface area (Å²) >= 11 is 1.55. The van der Waals surface area contributed by atoms with E-state index in [0.717, 1.165) is 10.4 Å². The van der Waals surface area contributed by atoms with Gasteiger partial charge in [-0.2, -0.15) is 10.2 Å². The third-order valence-corrected chi connectivity index (χ3v) is 3.87. The highest BCUT2D eigenvalue weighted by atomic mass is 32.1. The van der Waals surface area contributed by atoms with Gasteiger partial charge < -0.3 is 4.98 Å². The van der Waals surface area contributed by atoms with Crippen molar-refractivity contribution >= 4 is 23.2 Å². The molecule has 3 rings (SSSR count). The fraction of sp³-hybridized carbons (Fsp3) is 0.0769. The third-order valence-electron chi connectivity index (χ3n) is 2.84. The van der Waals surface area contributed by atoms with Crippen LogP contribution in [-0.4, -0.2) is 26.1 Å². The summed E-state index contributed by atoms with van der Waals surface area (Å²) in [6.07, 6.45) is 1.47. The van der Waals surface area contributed by atoms with E-state index in [9.17, 15) is 4.79 Å². The Kier molecular flexibility index (Phi) is 3.25. The quantitative estimate of drug-likeness (QED) is 0.689. The fourth-order valence-electron chi connectivity index (χ4n) is 1.79. The van der Waals surface area contributed by atoms with E-state index in [2.05, 4.69) is 25.5 Å². The average molecular weight is 298 g/mol. The first-order valence-corrected chi connectivity index (χ1v) is 6.92. The summed E-state index contributed by atoms with van der Waals surface area (Å²) in [5, 5.41) is 20.0. The van der Waals surface area contributed by atoms with Crippen LogP contribution in [0.1, 0.15) is 21.6 Å². The van der Waals surface area contributed by atoms with Crippen LogP contribution in [0.3, 0.4) is 0 Å². The van der Waals surface area contributed by atoms with Crippen LogP contribution in [0.5, 0.6) is 0 Å². The van der Waals surface area contributed by atoms with E-state index in [0.29, 0.717) is 11.4 Å². The number of aromatic amines is 2. The molecule has 3 aromatic heterocycles. The predicted octanol–water partition coefficient (Wildman–Crippen LogP) is 2.29. The van der Waals surface area contributed by atoms with Gasteiger partial charge in [-0.1, -0.05) is 0 Å². The first-order valence-electron chi connectivity index (χ1n) is 6.04. The minimum absolute atomic E-state index is 0.191. The molecule has 3 N–H and O–H groups in total. The Hall–Kier alpha value is -2.92. The molecule has 21 heavy (non-hydrogen) atoms. The number of aryl methyl sites for hydroxylation is 1. The lowest BCUT2D eigenvalue weighted by Crippen LogP contribution is -2.13. The van der Waals surface area contributed by atoms with E-state index in [1.165, 1.54) is 12.3 Å². The molecular formula is C13H10N6OS. The first-order chi connectivity index (χ1) is 10.2. The maximum Gasteiger partial charge on any atom is 0.274 e. The van der Waals surface area contributed by atoms with Crippen molar-refractivity contribution in [1.82, 2.24) is 20.2 Å². The highest BCUT2D eigenvalue weighted by Gasteiger charge is 2.13. The molecule has 0 aliphatic heterocycles. The van der Waals surface area contributed by atoms with Crippen LogP contribution in [0.15, 0.2) is 23.7 Å². The molecular weight excluding hydrogens is 288 g/mol. The highest BCUT2D eigenvalue weighted by molar-refractivity contribution is 7.13. The molecule has 0 spiro atoms. The Morgan fingerprint density at radius 1 is 1.52 bits per heavy atom. The van der Waals surface area contributed by atoms with Crippen molar-refractivity contribution in [3.05, 3.63) is 40.5 Å². The maximum atomic E-state index is 12.0. The lowest BCUT2D eigenvalue weighted by molar-refractivity contribution is 0.102. The van der Waals surface area contributed by atoms with Crippen molar-refractivity contribution in [1.29, 1.82) is 5.26 Å². The number of nitrogens with zero attached hydrogens (tertiary/aromatic N) is 3. The summed E-state index contributed by atoms with van der Waals surface area (Å²) in [6, 6.07) is 5.40. The zero-order valence-corrected chi connectivity index (χ0v) is 11.8. The number of nitrogens with one attached hydrogen (secondary N) is 3. The van der Waals surface area contributed by atoms with Crippen LogP contribution in [0, 0.1) is 18.3 Å². The minimum atomic E-state index is -0.398. The number of rotatable bonds is 3. The van der Waals surface area contributed by atoms with Crippen LogP contribution in [0.25, 0.3) is 10.7 Å². The zero-order chi connectivity index (χ0) is 14.8. The van der Waals surface area contributed by atoms with Gasteiger partial charge in [-0.25, -0.2) is 0 Å². The molecule has 3 heterocycles. The average Bonchev–Trinajstić information content (AvgIpc) is 3.18. The molecule has 0 atom stereocenters. The van der Waals surface area contributed by atoms with Gasteiger partial charge in [-0.05, 0) is 30.0 Å². The molecule has 8 heteroatoms. The Morgan fingerprint density at radius 2 is 2.38 bits per heavy atom. The molecule has 0 aliphatic carbocycles. The van der Waals surface area contributed by atoms with Crippen LogP contribution in [0.4, 0.5) is 5.95 Å². The van der Waals surface area contributed by atoms with Crippen molar-refractivity contribution in [2.75, 3.05) is 5.32 Å². The van der Waals surface area contributed by atoms with Gasteiger partial charge in [0.2, 0.25) is 5.95 Å². The summed E-state index contributed by atoms with van der Waals surface area (Å²) in [7, 11) is 0. The molecule has 0 fully saturated rings. The minimum Gasteiger partial charge on any atom is -0.356 e. The van der Waals surface area contributed by atoms with E-state index in [-0.39, 0.29) is 11.6 Å². The molecule has 0 saturated carbocycles. The number of hydrogen-bond acceptors (Lipinski definition) is 5. The smallest absolute Gasteiger partial charge is 0.274 e. The Morgan fingerprint density at radius 3 is 3.05 bits per heavy atom. The van der Waals surface area contributed by atoms with E-state index in [1.54, 1.807) is 11.3 Å². The van der Waals surface area contributed by atoms with Gasteiger partial charge in [0.25, 0.3) is 5.91 Å². The largest absolute Gasteiger partial charge is 0.356 e. The van der Waals surface area contributed by atoms with E-state index >= 15 is 0 Å². The van der Waals surface area contributed by atoms with Crippen molar-refractivity contribution in [2.45, 2.75) is 6.92 Å². The molecule has 0 saturated heterocycles. The van der Waals surface area contributed by atoms with Crippen molar-refractivity contribution < 1.29 is 4.79 Å². The number of carbonyl (C=O) groups is 1. The summed E-state index contributed by atoms with van der Waals surface area (Å²) in [5.41, 5.74) is 1.77. The van der Waals surface area contributed by atoms with Gasteiger partial charge in [0.15, 0.2) is 5.82 Å². The fourth-order valence-corrected chi connectivity index (χ4v) is 2.66. The normalized spacial score (nSPS) is 10.3. The number of thiophene rings is 1. The Labute approximate surface area is 123 Å². The Bertz CT molecular complexity index is 837. The number of H-pyrrole nitrogens is 2. The van der Waals surface area contributed by atoms with E-state index in [4.69, 9.17) is 5.26 Å². The molecule has 3 aromatic rings. The predicted molar refractivity (Wildman–Crippen MR) is 77.9 cm³/mol. The van der Waals surface area contributed by atoms with Crippen molar-refractivity contribution in [3.63, 3.8) is 0 Å². The molecule has 0 aliphatic rings. The van der Waals surface area contributed by atoms with Gasteiger partial charge in [-0.15, -0.1) is 16.4 Å². The van der Waals surface area contributed by atoms with Gasteiger partial charge in [0, 0.05) is 6.20 Å². The van der Waals surface area contributed by atoms with Gasteiger partial charge in [0.1, 0.15) is 11.8 Å². The number of carbonyl (C=O) groups excluding carboxylic acids is 1. The third kappa shape index (κ3) is 2.54. The second-order valence-corrected chi connectivity index (χ2v) is 5.22. The standard InChI is InChI=1S/C13H10N6OS/c1-7-2-3-21-10(7)11-16-13(19-18-11)17-12(20)9-4-8(5-14)6-15-9/h2-4,6,15H,1H3,(H2,16,17,18,19,20). The molecule has 0 aromatic carbocycles. The SMILES string of the molecule is Cc1ccsc1-c1nc(NC(=O)c2cc(C#N)c[nH]2)n[nH]1. The van der Waals surface area contributed by atoms with Crippen molar-refractivity contribution in [3.8, 4) is 16.8 Å². The molecule has 0 radical (unpaired) electrons. The Balaban J connectivity index is 1.77. The maximum absolute atomic E-state index is 12.0. The molecule has 0 bridgehead atoms. The topological polar surface area (TPSA) is 110 Å². The summed E-state index contributed by atoms with van der Waals surface area (Å²) in [4.78, 5) is 19.9. The number of amides is 1. The van der Waals surface area contributed by atoms with E-state index < -0.39 is 5.91 Å². The number of nitriles is 1. The van der Waals surface area contributed by atoms with Crippen molar-refractivity contribution in [2.24, 2.45) is 0 Å². The summed E-state index contributed by atoms with van der Waals surface area (Å²) < 4.78 is 0. The second kappa shape index (κ2) is 5.22. The monoisotopic (exact) mass is 298 g/mol. The van der Waals surface area contributed by atoms with Gasteiger partial charge in [-0.3, -0.25) is 15.2 Å². The number of hydrogen-bond donors (Lipinski definition) is 3. The highest BCUT2D eigenvalue weighted by Crippen LogP contribution is 2.26. The van der Waals surface area contributed by atoms with Gasteiger partial charge >= 0.3 is 0 Å².